The van der Waals surface area contributed by atoms with Crippen LogP contribution in [0.25, 0.3) is 6.08 Å². The molecule has 1 saturated heterocycles. The lowest BCUT2D eigenvalue weighted by Crippen LogP contribution is -2.51. The van der Waals surface area contributed by atoms with E-state index in [0.29, 0.717) is 50.1 Å². The molecule has 1 aliphatic heterocycles. The van der Waals surface area contributed by atoms with E-state index in [-0.39, 0.29) is 5.57 Å². The third-order valence-corrected chi connectivity index (χ3v) is 4.52. The van der Waals surface area contributed by atoms with Gasteiger partial charge in [-0.2, -0.15) is 0 Å². The molecule has 1 fully saturated rings. The summed E-state index contributed by atoms with van der Waals surface area (Å²) >= 11 is 0. The second-order valence-corrected chi connectivity index (χ2v) is 7.06. The molecule has 0 bridgehead atoms. The van der Waals surface area contributed by atoms with E-state index in [9.17, 15) is 14.4 Å². The topological polar surface area (TPSA) is 112 Å². The molecule has 2 aromatic rings. The summed E-state index contributed by atoms with van der Waals surface area (Å²) in [4.78, 5) is 35.0. The van der Waals surface area contributed by atoms with Crippen LogP contribution in [0, 0.1) is 6.92 Å². The number of amides is 4. The van der Waals surface area contributed by atoms with Crippen molar-refractivity contribution in [2.75, 3.05) is 33.0 Å². The number of hydrogen-bond acceptors (Lipinski definition) is 7. The summed E-state index contributed by atoms with van der Waals surface area (Å²) in [6.07, 6.45) is 1.38. The molecule has 174 valence electrons. The van der Waals surface area contributed by atoms with E-state index < -0.39 is 17.8 Å². The Morgan fingerprint density at radius 2 is 1.45 bits per heavy atom. The first kappa shape index (κ1) is 23.8. The molecule has 33 heavy (non-hydrogen) atoms. The fourth-order valence-corrected chi connectivity index (χ4v) is 2.94. The van der Waals surface area contributed by atoms with Crippen LogP contribution >= 0.6 is 0 Å². The van der Waals surface area contributed by atoms with Crippen LogP contribution in [0.5, 0.6) is 17.2 Å². The zero-order valence-corrected chi connectivity index (χ0v) is 18.5. The van der Waals surface area contributed by atoms with Gasteiger partial charge in [-0.1, -0.05) is 23.8 Å². The van der Waals surface area contributed by atoms with Gasteiger partial charge < -0.3 is 18.9 Å². The minimum atomic E-state index is -0.843. The molecule has 1 heterocycles. The van der Waals surface area contributed by atoms with E-state index in [1.165, 1.54) is 11.6 Å². The Kier molecular flexibility index (Phi) is 8.43. The van der Waals surface area contributed by atoms with E-state index in [1.807, 2.05) is 48.7 Å². The van der Waals surface area contributed by atoms with Gasteiger partial charge in [0.15, 0.2) is 11.5 Å². The molecule has 2 N–H and O–H groups in total. The van der Waals surface area contributed by atoms with E-state index in [0.717, 1.165) is 5.75 Å². The van der Waals surface area contributed by atoms with Crippen LogP contribution in [0.3, 0.4) is 0 Å². The summed E-state index contributed by atoms with van der Waals surface area (Å²) in [6, 6.07) is 12.0. The number of carbonyl (C=O) groups excluding carboxylic acids is 3. The van der Waals surface area contributed by atoms with Crippen LogP contribution in [-0.2, 0) is 14.3 Å². The Bertz CT molecular complexity index is 1010. The van der Waals surface area contributed by atoms with Gasteiger partial charge in [0.25, 0.3) is 11.8 Å². The van der Waals surface area contributed by atoms with Crippen molar-refractivity contribution in [1.29, 1.82) is 0 Å². The molecule has 0 aliphatic carbocycles. The number of hydrogen-bond donors (Lipinski definition) is 2. The van der Waals surface area contributed by atoms with E-state index in [4.69, 9.17) is 18.9 Å². The van der Waals surface area contributed by atoms with Crippen LogP contribution in [0.2, 0.25) is 0 Å². The summed E-state index contributed by atoms with van der Waals surface area (Å²) in [5, 5.41) is 4.07. The number of carbonyl (C=O) groups is 3. The molecule has 1 aliphatic rings. The van der Waals surface area contributed by atoms with Gasteiger partial charge in [-0.15, -0.1) is 0 Å². The fraction of sp³-hybridized carbons (Fsp3) is 0.292. The molecular weight excluding hydrogens is 428 g/mol. The molecule has 0 spiro atoms. The standard InChI is InChI=1S/C24H26N2O7/c1-3-31-21-15-17(14-19-22(27)25-24(29)26-23(19)28)6-9-20(21)33-13-11-30-10-12-32-18-7-4-16(2)5-8-18/h4-9,14-15H,3,10-13H2,1-2H3,(H2,25,26,27,28,29). The number of aryl methyl sites for hydroxylation is 1. The molecule has 0 saturated carbocycles. The molecule has 9 heteroatoms. The first-order chi connectivity index (χ1) is 16.0. The van der Waals surface area contributed by atoms with Crippen LogP contribution in [0.1, 0.15) is 18.1 Å². The maximum atomic E-state index is 11.9. The van der Waals surface area contributed by atoms with Gasteiger partial charge in [-0.25, -0.2) is 4.79 Å². The van der Waals surface area contributed by atoms with E-state index >= 15 is 0 Å². The van der Waals surface area contributed by atoms with Crippen molar-refractivity contribution in [3.05, 3.63) is 59.2 Å². The van der Waals surface area contributed by atoms with Crippen molar-refractivity contribution < 1.29 is 33.3 Å². The summed E-state index contributed by atoms with van der Waals surface area (Å²) in [5.74, 6) is 0.247. The summed E-state index contributed by atoms with van der Waals surface area (Å²) in [5.41, 5.74) is 1.55. The second-order valence-electron chi connectivity index (χ2n) is 7.06. The van der Waals surface area contributed by atoms with Crippen molar-refractivity contribution in [3.63, 3.8) is 0 Å². The van der Waals surface area contributed by atoms with Gasteiger partial charge in [-0.3, -0.25) is 20.2 Å². The lowest BCUT2D eigenvalue weighted by molar-refractivity contribution is -0.123. The highest BCUT2D eigenvalue weighted by Crippen LogP contribution is 2.29. The van der Waals surface area contributed by atoms with Gasteiger partial charge in [0.05, 0.1) is 19.8 Å². The van der Waals surface area contributed by atoms with Gasteiger partial charge in [-0.05, 0) is 49.8 Å². The highest BCUT2D eigenvalue weighted by Gasteiger charge is 2.27. The Morgan fingerprint density at radius 1 is 0.788 bits per heavy atom. The van der Waals surface area contributed by atoms with Gasteiger partial charge >= 0.3 is 6.03 Å². The molecule has 0 aromatic heterocycles. The minimum absolute atomic E-state index is 0.174. The van der Waals surface area contributed by atoms with Crippen molar-refractivity contribution in [1.82, 2.24) is 10.6 Å². The molecule has 0 atom stereocenters. The third-order valence-electron chi connectivity index (χ3n) is 4.52. The number of imide groups is 2. The van der Waals surface area contributed by atoms with Crippen molar-refractivity contribution in [2.24, 2.45) is 0 Å². The Labute approximate surface area is 191 Å². The molecular formula is C24H26N2O7. The number of barbiturate groups is 1. The number of nitrogens with one attached hydrogen (secondary N) is 2. The van der Waals surface area contributed by atoms with Crippen LogP contribution in [-0.4, -0.2) is 50.9 Å². The zero-order valence-electron chi connectivity index (χ0n) is 18.5. The monoisotopic (exact) mass is 454 g/mol. The van der Waals surface area contributed by atoms with Crippen molar-refractivity contribution in [2.45, 2.75) is 13.8 Å². The lowest BCUT2D eigenvalue weighted by atomic mass is 10.1. The highest BCUT2D eigenvalue weighted by atomic mass is 16.6. The van der Waals surface area contributed by atoms with Crippen LogP contribution in [0.15, 0.2) is 48.0 Å². The third kappa shape index (κ3) is 7.08. The lowest BCUT2D eigenvalue weighted by Gasteiger charge is -2.15. The number of benzene rings is 2. The molecule has 3 rings (SSSR count). The van der Waals surface area contributed by atoms with Crippen LogP contribution < -0.4 is 24.8 Å². The predicted molar refractivity (Wildman–Crippen MR) is 120 cm³/mol. The number of urea groups is 1. The summed E-state index contributed by atoms with van der Waals surface area (Å²) in [7, 11) is 0. The van der Waals surface area contributed by atoms with Crippen molar-refractivity contribution >= 4 is 23.9 Å². The van der Waals surface area contributed by atoms with E-state index in [1.54, 1.807) is 18.2 Å². The summed E-state index contributed by atoms with van der Waals surface area (Å²) in [6.45, 7) is 5.78. The highest BCUT2D eigenvalue weighted by molar-refractivity contribution is 6.31. The van der Waals surface area contributed by atoms with Gasteiger partial charge in [0, 0.05) is 0 Å². The first-order valence-corrected chi connectivity index (χ1v) is 10.5. The molecule has 2 aromatic carbocycles. The fourth-order valence-electron chi connectivity index (χ4n) is 2.94. The van der Waals surface area contributed by atoms with Crippen LogP contribution in [0.4, 0.5) is 4.79 Å². The SMILES string of the molecule is CCOc1cc(C=C2C(=O)NC(=O)NC2=O)ccc1OCCOCCOc1ccc(C)cc1. The van der Waals surface area contributed by atoms with Gasteiger partial charge in [0.1, 0.15) is 24.5 Å². The summed E-state index contributed by atoms with van der Waals surface area (Å²) < 4.78 is 22.5. The normalized spacial score (nSPS) is 13.3. The Morgan fingerprint density at radius 3 is 2.12 bits per heavy atom. The largest absolute Gasteiger partial charge is 0.491 e. The smallest absolute Gasteiger partial charge is 0.328 e. The molecule has 9 nitrogen and oxygen atoms in total. The minimum Gasteiger partial charge on any atom is -0.491 e. The molecule has 0 radical (unpaired) electrons. The predicted octanol–water partition coefficient (Wildman–Crippen LogP) is 2.62. The average molecular weight is 454 g/mol. The quantitative estimate of drug-likeness (QED) is 0.305. The average Bonchev–Trinajstić information content (AvgIpc) is 2.78. The van der Waals surface area contributed by atoms with Crippen molar-refractivity contribution in [3.8, 4) is 17.2 Å². The second kappa shape index (κ2) is 11.7. The van der Waals surface area contributed by atoms with E-state index in [2.05, 4.69) is 0 Å². The maximum Gasteiger partial charge on any atom is 0.328 e. The number of ether oxygens (including phenoxy) is 4. The zero-order chi connectivity index (χ0) is 23.6. The Balaban J connectivity index is 1.49. The van der Waals surface area contributed by atoms with Gasteiger partial charge in [0.2, 0.25) is 0 Å². The first-order valence-electron chi connectivity index (χ1n) is 10.5. The Hall–Kier alpha value is -3.85. The molecule has 0 unspecified atom stereocenters. The molecule has 4 amide bonds. The number of rotatable bonds is 11. The maximum absolute atomic E-state index is 11.9.